The number of rotatable bonds is 4. The Morgan fingerprint density at radius 1 is 1.15 bits per heavy atom. The smallest absolute Gasteiger partial charge is 0.336 e. The summed E-state index contributed by atoms with van der Waals surface area (Å²) in [7, 11) is 0. The fourth-order valence-corrected chi connectivity index (χ4v) is 2.08. The van der Waals surface area contributed by atoms with Crippen LogP contribution >= 0.6 is 0 Å². The topological polar surface area (TPSA) is 83.8 Å². The second kappa shape index (κ2) is 5.44. The maximum Gasteiger partial charge on any atom is 0.336 e. The number of carbonyl (C=O) groups excluding carboxylic acids is 1. The predicted octanol–water partition coefficient (Wildman–Crippen LogP) is 2.60. The average molecular weight is 272 g/mol. The number of carboxylic acids is 1. The Balaban J connectivity index is 2.75. The van der Waals surface area contributed by atoms with Crippen LogP contribution in [-0.4, -0.2) is 22.7 Å². The van der Waals surface area contributed by atoms with E-state index in [1.165, 1.54) is 6.07 Å². The molecule has 0 saturated heterocycles. The summed E-state index contributed by atoms with van der Waals surface area (Å²) in [5.41, 5.74) is 1.41. The highest BCUT2D eigenvalue weighted by atomic mass is 16.5. The molecule has 0 aliphatic rings. The van der Waals surface area contributed by atoms with Gasteiger partial charge in [-0.2, -0.15) is 0 Å². The van der Waals surface area contributed by atoms with Gasteiger partial charge in [-0.1, -0.05) is 30.3 Å². The molecule has 0 fully saturated rings. The molecule has 0 aromatic heterocycles. The molecule has 20 heavy (non-hydrogen) atoms. The third-order valence-corrected chi connectivity index (χ3v) is 2.94. The summed E-state index contributed by atoms with van der Waals surface area (Å²) in [5.74, 6) is -1.37. The number of phenols is 1. The lowest BCUT2D eigenvalue weighted by atomic mass is 9.95. The molecule has 102 valence electrons. The van der Waals surface area contributed by atoms with Crippen LogP contribution in [0.3, 0.4) is 0 Å². The zero-order valence-corrected chi connectivity index (χ0v) is 10.7. The molecule has 2 aromatic carbocycles. The number of hydrogen-bond acceptors (Lipinski definition) is 4. The van der Waals surface area contributed by atoms with Crippen LogP contribution < -0.4 is 4.74 Å². The Kier molecular flexibility index (Phi) is 3.70. The number of ether oxygens (including phenoxy) is 1. The van der Waals surface area contributed by atoms with E-state index >= 15 is 0 Å². The first kappa shape index (κ1) is 13.6. The molecule has 0 bridgehead atoms. The largest absolute Gasteiger partial charge is 0.504 e. The number of aromatic carboxylic acids is 1. The fourth-order valence-electron chi connectivity index (χ4n) is 2.08. The molecule has 2 aromatic rings. The predicted molar refractivity (Wildman–Crippen MR) is 71.9 cm³/mol. The molecule has 2 N–H and O–H groups in total. The van der Waals surface area contributed by atoms with Crippen LogP contribution in [0.25, 0.3) is 11.1 Å². The van der Waals surface area contributed by atoms with E-state index in [0.29, 0.717) is 16.7 Å². The van der Waals surface area contributed by atoms with Crippen LogP contribution in [-0.2, 0) is 4.79 Å². The van der Waals surface area contributed by atoms with Crippen molar-refractivity contribution < 1.29 is 24.5 Å². The second-order valence-corrected chi connectivity index (χ2v) is 4.17. The quantitative estimate of drug-likeness (QED) is 0.836. The van der Waals surface area contributed by atoms with E-state index in [-0.39, 0.29) is 23.5 Å². The van der Waals surface area contributed by atoms with Gasteiger partial charge in [-0.3, -0.25) is 4.79 Å². The van der Waals surface area contributed by atoms with E-state index in [4.69, 9.17) is 4.74 Å². The van der Waals surface area contributed by atoms with Crippen LogP contribution in [0, 0.1) is 6.92 Å². The van der Waals surface area contributed by atoms with Crippen LogP contribution in [0.5, 0.6) is 11.5 Å². The van der Waals surface area contributed by atoms with Gasteiger partial charge in [0.15, 0.2) is 11.5 Å². The van der Waals surface area contributed by atoms with Gasteiger partial charge < -0.3 is 14.9 Å². The van der Waals surface area contributed by atoms with E-state index in [2.05, 4.69) is 0 Å². The lowest BCUT2D eigenvalue weighted by molar-refractivity contribution is -0.120. The Hall–Kier alpha value is -2.82. The van der Waals surface area contributed by atoms with Crippen LogP contribution in [0.15, 0.2) is 36.4 Å². The highest BCUT2D eigenvalue weighted by Gasteiger charge is 2.19. The van der Waals surface area contributed by atoms with E-state index < -0.39 is 5.97 Å². The van der Waals surface area contributed by atoms with Crippen molar-refractivity contribution in [3.63, 3.8) is 0 Å². The van der Waals surface area contributed by atoms with Gasteiger partial charge in [0.25, 0.3) is 6.47 Å². The minimum absolute atomic E-state index is 0.0596. The van der Waals surface area contributed by atoms with Crippen molar-refractivity contribution in [3.8, 4) is 22.6 Å². The molecule has 0 spiro atoms. The van der Waals surface area contributed by atoms with Crippen molar-refractivity contribution in [2.24, 2.45) is 0 Å². The number of carboxylic acid groups (broad SMARTS) is 1. The molecule has 0 radical (unpaired) electrons. The zero-order chi connectivity index (χ0) is 14.7. The third-order valence-electron chi connectivity index (χ3n) is 2.94. The van der Waals surface area contributed by atoms with Crippen LogP contribution in [0.2, 0.25) is 0 Å². The second-order valence-electron chi connectivity index (χ2n) is 4.17. The van der Waals surface area contributed by atoms with Gasteiger partial charge >= 0.3 is 5.97 Å². The zero-order valence-electron chi connectivity index (χ0n) is 10.7. The normalized spacial score (nSPS) is 10.1. The van der Waals surface area contributed by atoms with E-state index in [1.54, 1.807) is 37.3 Å². The van der Waals surface area contributed by atoms with Crippen molar-refractivity contribution in [3.05, 3.63) is 47.5 Å². The summed E-state index contributed by atoms with van der Waals surface area (Å²) in [6, 6.07) is 9.47. The summed E-state index contributed by atoms with van der Waals surface area (Å²) in [4.78, 5) is 21.9. The molecule has 2 rings (SSSR count). The number of benzene rings is 2. The van der Waals surface area contributed by atoms with Crippen molar-refractivity contribution in [2.75, 3.05) is 0 Å². The monoisotopic (exact) mass is 272 g/mol. The first-order valence-electron chi connectivity index (χ1n) is 5.81. The summed E-state index contributed by atoms with van der Waals surface area (Å²) in [6.45, 7) is 1.87. The van der Waals surface area contributed by atoms with Gasteiger partial charge in [-0.05, 0) is 18.6 Å². The maximum atomic E-state index is 11.4. The standard InChI is InChI=1S/C15H12O5/c1-9-4-2-5-10(13(9)15(18)19)11-6-3-7-12(17)14(11)20-8-16/h2-8,17H,1H3,(H,18,19). The van der Waals surface area contributed by atoms with Crippen molar-refractivity contribution >= 4 is 12.4 Å². The Morgan fingerprint density at radius 3 is 2.45 bits per heavy atom. The Bertz CT molecular complexity index is 676. The molecule has 0 aliphatic carbocycles. The molecule has 5 nitrogen and oxygen atoms in total. The van der Waals surface area contributed by atoms with Gasteiger partial charge in [0.05, 0.1) is 5.56 Å². The number of aryl methyl sites for hydroxylation is 1. The minimum atomic E-state index is -1.08. The van der Waals surface area contributed by atoms with Gasteiger partial charge in [0.1, 0.15) is 0 Å². The lowest BCUT2D eigenvalue weighted by Crippen LogP contribution is -2.03. The summed E-state index contributed by atoms with van der Waals surface area (Å²) < 4.78 is 4.77. The number of para-hydroxylation sites is 1. The first-order chi connectivity index (χ1) is 9.56. The van der Waals surface area contributed by atoms with Gasteiger partial charge in [-0.25, -0.2) is 4.79 Å². The molecule has 0 saturated carbocycles. The SMILES string of the molecule is Cc1cccc(-c2cccc(O)c2OC=O)c1C(=O)O. The minimum Gasteiger partial charge on any atom is -0.504 e. The van der Waals surface area contributed by atoms with Crippen molar-refractivity contribution in [1.29, 1.82) is 0 Å². The van der Waals surface area contributed by atoms with E-state index in [0.717, 1.165) is 0 Å². The molecule has 0 amide bonds. The maximum absolute atomic E-state index is 11.4. The lowest BCUT2D eigenvalue weighted by Gasteiger charge is -2.13. The molecular weight excluding hydrogens is 260 g/mol. The number of hydrogen-bond donors (Lipinski definition) is 2. The highest BCUT2D eigenvalue weighted by molar-refractivity contribution is 5.98. The van der Waals surface area contributed by atoms with Crippen LogP contribution in [0.4, 0.5) is 0 Å². The van der Waals surface area contributed by atoms with Crippen molar-refractivity contribution in [1.82, 2.24) is 0 Å². The summed E-state index contributed by atoms with van der Waals surface area (Å²) in [5, 5.41) is 19.1. The van der Waals surface area contributed by atoms with Gasteiger partial charge in [-0.15, -0.1) is 0 Å². The van der Waals surface area contributed by atoms with Gasteiger partial charge in [0, 0.05) is 11.1 Å². The fraction of sp³-hybridized carbons (Fsp3) is 0.0667. The number of phenolic OH excluding ortho intramolecular Hbond substituents is 1. The molecule has 0 unspecified atom stereocenters. The molecule has 0 heterocycles. The van der Waals surface area contributed by atoms with E-state index in [1.807, 2.05) is 0 Å². The summed E-state index contributed by atoms with van der Waals surface area (Å²) >= 11 is 0. The number of aromatic hydroxyl groups is 1. The molecule has 0 atom stereocenters. The number of carbonyl (C=O) groups is 2. The first-order valence-corrected chi connectivity index (χ1v) is 5.81. The molecule has 0 aliphatic heterocycles. The Labute approximate surface area is 115 Å². The highest BCUT2D eigenvalue weighted by Crippen LogP contribution is 2.39. The van der Waals surface area contributed by atoms with Crippen molar-refractivity contribution in [2.45, 2.75) is 6.92 Å². The van der Waals surface area contributed by atoms with Crippen LogP contribution in [0.1, 0.15) is 15.9 Å². The summed E-state index contributed by atoms with van der Waals surface area (Å²) in [6.07, 6.45) is 0. The molecular formula is C15H12O5. The van der Waals surface area contributed by atoms with Gasteiger partial charge in [0.2, 0.25) is 0 Å². The molecule has 5 heteroatoms. The third kappa shape index (κ3) is 2.33. The average Bonchev–Trinajstić information content (AvgIpc) is 2.40. The Morgan fingerprint density at radius 2 is 1.80 bits per heavy atom. The van der Waals surface area contributed by atoms with E-state index in [9.17, 15) is 19.8 Å².